The highest BCUT2D eigenvalue weighted by molar-refractivity contribution is 5.85. The molecule has 1 aromatic carbocycles. The zero-order valence-electron chi connectivity index (χ0n) is 12.6. The molecule has 112 valence electrons. The molecule has 2 aliphatic rings. The second kappa shape index (κ2) is 5.51. The van der Waals surface area contributed by atoms with Gasteiger partial charge in [0, 0.05) is 19.5 Å². The number of nitrogens with one attached hydrogen (secondary N) is 1. The molecule has 1 aliphatic heterocycles. The topological polar surface area (TPSA) is 49.4 Å². The molecule has 0 bridgehead atoms. The smallest absolute Gasteiger partial charge is 0.225 e. The number of aryl methyl sites for hydroxylation is 1. The van der Waals surface area contributed by atoms with Crippen molar-refractivity contribution in [1.29, 1.82) is 0 Å². The fraction of sp³-hybridized carbons (Fsp3) is 0.529. The number of carbonyl (C=O) groups excluding carboxylic acids is 2. The summed E-state index contributed by atoms with van der Waals surface area (Å²) in [6.45, 7) is 2.04. The van der Waals surface area contributed by atoms with Crippen LogP contribution in [0.2, 0.25) is 0 Å². The van der Waals surface area contributed by atoms with Gasteiger partial charge in [-0.05, 0) is 31.7 Å². The number of nitrogens with zero attached hydrogens (tertiary/aromatic N) is 1. The maximum absolute atomic E-state index is 12.5. The predicted octanol–water partition coefficient (Wildman–Crippen LogP) is 2.18. The average molecular weight is 286 g/mol. The van der Waals surface area contributed by atoms with Gasteiger partial charge >= 0.3 is 0 Å². The first kappa shape index (κ1) is 14.1. The van der Waals surface area contributed by atoms with Crippen LogP contribution in [0.3, 0.4) is 0 Å². The molecule has 4 nitrogen and oxygen atoms in total. The van der Waals surface area contributed by atoms with Gasteiger partial charge < -0.3 is 10.2 Å². The van der Waals surface area contributed by atoms with Crippen LogP contribution >= 0.6 is 0 Å². The Labute approximate surface area is 125 Å². The van der Waals surface area contributed by atoms with Crippen molar-refractivity contribution < 1.29 is 9.59 Å². The number of likely N-dealkylation sites (tertiary alicyclic amines) is 1. The summed E-state index contributed by atoms with van der Waals surface area (Å²) < 4.78 is 0. The number of amides is 2. The Morgan fingerprint density at radius 3 is 2.48 bits per heavy atom. The van der Waals surface area contributed by atoms with E-state index < -0.39 is 0 Å². The van der Waals surface area contributed by atoms with Gasteiger partial charge in [-0.15, -0.1) is 0 Å². The Kier molecular flexibility index (Phi) is 3.70. The lowest BCUT2D eigenvalue weighted by Crippen LogP contribution is -2.46. The Hall–Kier alpha value is -1.84. The molecule has 0 unspecified atom stereocenters. The quantitative estimate of drug-likeness (QED) is 0.926. The van der Waals surface area contributed by atoms with Gasteiger partial charge in [0.2, 0.25) is 11.8 Å². The van der Waals surface area contributed by atoms with Crippen LogP contribution in [0.4, 0.5) is 0 Å². The molecule has 1 N–H and O–H groups in total. The maximum Gasteiger partial charge on any atom is 0.225 e. The standard InChI is InChI=1S/C17H22N2O2/c1-11-3-5-12(6-4-11)16-14(9-10-15(20)19(16)2)17(21)18-13-7-8-13/h3-6,13-14,16H,7-10H2,1-2H3,(H,18,21)/t14-,16-/m0/s1. The van der Waals surface area contributed by atoms with Crippen LogP contribution in [-0.4, -0.2) is 29.8 Å². The van der Waals surface area contributed by atoms with Crippen molar-refractivity contribution >= 4 is 11.8 Å². The Morgan fingerprint density at radius 1 is 1.19 bits per heavy atom. The molecule has 1 aromatic rings. The molecule has 1 heterocycles. The lowest BCUT2D eigenvalue weighted by molar-refractivity contribution is -0.141. The molecule has 0 radical (unpaired) electrons. The minimum atomic E-state index is -0.148. The second-order valence-corrected chi connectivity index (χ2v) is 6.29. The maximum atomic E-state index is 12.5. The molecule has 1 saturated carbocycles. The molecule has 2 fully saturated rings. The Balaban J connectivity index is 1.86. The third kappa shape index (κ3) is 2.94. The first-order valence-electron chi connectivity index (χ1n) is 7.69. The second-order valence-electron chi connectivity index (χ2n) is 6.29. The van der Waals surface area contributed by atoms with Gasteiger partial charge in [0.05, 0.1) is 12.0 Å². The highest BCUT2D eigenvalue weighted by Gasteiger charge is 2.40. The molecule has 3 rings (SSSR count). The summed E-state index contributed by atoms with van der Waals surface area (Å²) in [5, 5.41) is 3.09. The number of hydrogen-bond acceptors (Lipinski definition) is 2. The number of piperidine rings is 1. The lowest BCUT2D eigenvalue weighted by atomic mass is 9.83. The molecule has 1 aliphatic carbocycles. The van der Waals surface area contributed by atoms with Crippen molar-refractivity contribution in [3.05, 3.63) is 35.4 Å². The summed E-state index contributed by atoms with van der Waals surface area (Å²) in [6, 6.07) is 8.36. The first-order chi connectivity index (χ1) is 10.1. The highest BCUT2D eigenvalue weighted by atomic mass is 16.2. The summed E-state index contributed by atoms with van der Waals surface area (Å²) >= 11 is 0. The SMILES string of the molecule is Cc1ccc([C@H]2[C@@H](C(=O)NC3CC3)CCC(=O)N2C)cc1. The van der Waals surface area contributed by atoms with E-state index in [1.807, 2.05) is 38.2 Å². The summed E-state index contributed by atoms with van der Waals surface area (Å²) in [7, 11) is 1.81. The minimum absolute atomic E-state index is 0.0995. The van der Waals surface area contributed by atoms with Crippen molar-refractivity contribution in [3.8, 4) is 0 Å². The Bertz CT molecular complexity index is 548. The van der Waals surface area contributed by atoms with Gasteiger partial charge in [-0.2, -0.15) is 0 Å². The van der Waals surface area contributed by atoms with Gasteiger partial charge in [-0.1, -0.05) is 29.8 Å². The normalized spacial score (nSPS) is 25.8. The van der Waals surface area contributed by atoms with E-state index in [1.165, 1.54) is 5.56 Å². The first-order valence-corrected chi connectivity index (χ1v) is 7.69. The highest BCUT2D eigenvalue weighted by Crippen LogP contribution is 2.36. The van der Waals surface area contributed by atoms with Crippen LogP contribution in [0.15, 0.2) is 24.3 Å². The van der Waals surface area contributed by atoms with E-state index in [0.29, 0.717) is 18.9 Å². The van der Waals surface area contributed by atoms with E-state index in [4.69, 9.17) is 0 Å². The molecule has 0 spiro atoms. The fourth-order valence-electron chi connectivity index (χ4n) is 3.07. The molecular formula is C17H22N2O2. The minimum Gasteiger partial charge on any atom is -0.353 e. The molecule has 0 aromatic heterocycles. The number of rotatable bonds is 3. The van der Waals surface area contributed by atoms with Gasteiger partial charge in [0.25, 0.3) is 0 Å². The van der Waals surface area contributed by atoms with Crippen LogP contribution in [-0.2, 0) is 9.59 Å². The molecular weight excluding hydrogens is 264 g/mol. The zero-order chi connectivity index (χ0) is 15.0. The fourth-order valence-corrected chi connectivity index (χ4v) is 3.07. The van der Waals surface area contributed by atoms with Crippen LogP contribution in [0.5, 0.6) is 0 Å². The van der Waals surface area contributed by atoms with Crippen LogP contribution in [0, 0.1) is 12.8 Å². The Morgan fingerprint density at radius 2 is 1.86 bits per heavy atom. The number of carbonyl (C=O) groups is 2. The van der Waals surface area contributed by atoms with E-state index in [0.717, 1.165) is 18.4 Å². The van der Waals surface area contributed by atoms with Gasteiger partial charge in [-0.25, -0.2) is 0 Å². The molecule has 4 heteroatoms. The molecule has 2 amide bonds. The van der Waals surface area contributed by atoms with Crippen molar-refractivity contribution in [2.24, 2.45) is 5.92 Å². The van der Waals surface area contributed by atoms with Crippen molar-refractivity contribution in [2.45, 2.75) is 44.7 Å². The predicted molar refractivity (Wildman–Crippen MR) is 80.6 cm³/mol. The molecule has 2 atom stereocenters. The van der Waals surface area contributed by atoms with Crippen molar-refractivity contribution in [2.75, 3.05) is 7.05 Å². The van der Waals surface area contributed by atoms with E-state index in [2.05, 4.69) is 5.32 Å². The van der Waals surface area contributed by atoms with Crippen LogP contribution < -0.4 is 5.32 Å². The molecule has 21 heavy (non-hydrogen) atoms. The zero-order valence-corrected chi connectivity index (χ0v) is 12.6. The summed E-state index contributed by atoms with van der Waals surface area (Å²) in [5.74, 6) is 0.0782. The van der Waals surface area contributed by atoms with E-state index in [9.17, 15) is 9.59 Å². The van der Waals surface area contributed by atoms with Crippen molar-refractivity contribution in [3.63, 3.8) is 0 Å². The van der Waals surface area contributed by atoms with Crippen LogP contribution in [0.25, 0.3) is 0 Å². The van der Waals surface area contributed by atoms with Crippen molar-refractivity contribution in [1.82, 2.24) is 10.2 Å². The lowest BCUT2D eigenvalue weighted by Gasteiger charge is -2.38. The monoisotopic (exact) mass is 286 g/mol. The van der Waals surface area contributed by atoms with E-state index in [1.54, 1.807) is 4.90 Å². The van der Waals surface area contributed by atoms with Crippen LogP contribution in [0.1, 0.15) is 42.9 Å². The third-order valence-corrected chi connectivity index (χ3v) is 4.54. The summed E-state index contributed by atoms with van der Waals surface area (Å²) in [4.78, 5) is 26.3. The average Bonchev–Trinajstić information content (AvgIpc) is 3.27. The number of hydrogen-bond donors (Lipinski definition) is 1. The largest absolute Gasteiger partial charge is 0.353 e. The van der Waals surface area contributed by atoms with Gasteiger partial charge in [-0.3, -0.25) is 9.59 Å². The van der Waals surface area contributed by atoms with Gasteiger partial charge in [0.1, 0.15) is 0 Å². The molecule has 1 saturated heterocycles. The summed E-state index contributed by atoms with van der Waals surface area (Å²) in [6.07, 6.45) is 3.27. The number of benzene rings is 1. The van der Waals surface area contributed by atoms with Gasteiger partial charge in [0.15, 0.2) is 0 Å². The van der Waals surface area contributed by atoms with E-state index >= 15 is 0 Å². The van der Waals surface area contributed by atoms with E-state index in [-0.39, 0.29) is 23.8 Å². The summed E-state index contributed by atoms with van der Waals surface area (Å²) in [5.41, 5.74) is 2.23. The third-order valence-electron chi connectivity index (χ3n) is 4.54.